The minimum absolute atomic E-state index is 0.540. The molecule has 0 amide bonds. The fourth-order valence-corrected chi connectivity index (χ4v) is 9.66. The highest BCUT2D eigenvalue weighted by Crippen LogP contribution is 2.42. The van der Waals surface area contributed by atoms with Gasteiger partial charge >= 0.3 is 0 Å². The van der Waals surface area contributed by atoms with Crippen LogP contribution < -0.4 is 5.32 Å². The second-order valence-electron chi connectivity index (χ2n) is 16.2. The minimum atomic E-state index is -0.540. The van der Waals surface area contributed by atoms with Gasteiger partial charge in [-0.15, -0.1) is 0 Å². The maximum atomic E-state index is 6.93. The molecule has 1 unspecified atom stereocenters. The predicted molar refractivity (Wildman–Crippen MR) is 260 cm³/mol. The second-order valence-corrected chi connectivity index (χ2v) is 16.2. The number of furan rings is 1. The molecule has 0 bridgehead atoms. The van der Waals surface area contributed by atoms with Gasteiger partial charge in [-0.3, -0.25) is 4.57 Å². The Morgan fingerprint density at radius 3 is 1.65 bits per heavy atom. The molecule has 63 heavy (non-hydrogen) atoms. The zero-order valence-corrected chi connectivity index (χ0v) is 34.0. The number of amidine groups is 1. The topological polar surface area (TPSA) is 59.8 Å². The van der Waals surface area contributed by atoms with E-state index in [2.05, 4.69) is 221 Å². The lowest BCUT2D eigenvalue weighted by atomic mass is 10.0. The molecular weight excluding hydrogens is 771 g/mol. The Hall–Kier alpha value is -8.48. The van der Waals surface area contributed by atoms with Crippen LogP contribution in [0.25, 0.3) is 93.5 Å². The van der Waals surface area contributed by atoms with Gasteiger partial charge < -0.3 is 14.3 Å². The quantitative estimate of drug-likeness (QED) is 0.188. The molecule has 1 N–H and O–H groups in total. The first-order chi connectivity index (χ1) is 31.2. The number of rotatable bonds is 5. The number of para-hydroxylation sites is 3. The maximum absolute atomic E-state index is 6.93. The molecule has 0 spiro atoms. The van der Waals surface area contributed by atoms with Gasteiger partial charge in [0.2, 0.25) is 5.96 Å². The fourth-order valence-electron chi connectivity index (χ4n) is 9.66. The number of aliphatic imine (C=N–C) groups is 2. The van der Waals surface area contributed by atoms with Crippen LogP contribution in [0.15, 0.2) is 227 Å². The molecule has 6 nitrogen and oxygen atoms in total. The van der Waals surface area contributed by atoms with Crippen LogP contribution in [-0.2, 0) is 0 Å². The number of nitrogens with one attached hydrogen (secondary N) is 1. The fraction of sp³-hybridized carbons (Fsp3) is 0.0175. The summed E-state index contributed by atoms with van der Waals surface area (Å²) >= 11 is 0. The first-order valence-corrected chi connectivity index (χ1v) is 21.3. The molecule has 13 rings (SSSR count). The highest BCUT2D eigenvalue weighted by Gasteiger charge is 2.26. The Bertz CT molecular complexity index is 3780. The van der Waals surface area contributed by atoms with Crippen LogP contribution in [-0.4, -0.2) is 20.9 Å². The average Bonchev–Trinajstić information content (AvgIpc) is 4.02. The average molecular weight is 808 g/mol. The molecule has 12 aromatic rings. The normalized spacial score (nSPS) is 14.2. The van der Waals surface area contributed by atoms with E-state index < -0.39 is 6.17 Å². The van der Waals surface area contributed by atoms with Crippen LogP contribution >= 0.6 is 0 Å². The van der Waals surface area contributed by atoms with Crippen LogP contribution in [0.2, 0.25) is 0 Å². The van der Waals surface area contributed by atoms with Gasteiger partial charge in [0.15, 0.2) is 11.7 Å². The zero-order chi connectivity index (χ0) is 41.4. The Labute approximate surface area is 362 Å². The zero-order valence-electron chi connectivity index (χ0n) is 34.0. The summed E-state index contributed by atoms with van der Waals surface area (Å²) in [5, 5.41) is 10.4. The molecule has 0 aliphatic carbocycles. The van der Waals surface area contributed by atoms with Gasteiger partial charge in [0.1, 0.15) is 11.4 Å². The first-order valence-electron chi connectivity index (χ1n) is 21.3. The Morgan fingerprint density at radius 2 is 0.952 bits per heavy atom. The molecule has 0 saturated heterocycles. The molecular formula is C57H37N5O. The molecule has 1 aliphatic rings. The Kier molecular flexibility index (Phi) is 7.87. The van der Waals surface area contributed by atoms with Crippen LogP contribution in [0, 0.1) is 0 Å². The summed E-state index contributed by atoms with van der Waals surface area (Å²) in [6.45, 7) is 0. The SMILES string of the molecule is c1ccc(-c2cccc(C3=NC(c4ccc5oc6c(ccc7c8ccccc8n(-c8cccc(-c9ccccc9)c8)c76)c5c4)N=C(n4c5ccccc5c5ccccc54)N3)c2)cc1. The van der Waals surface area contributed by atoms with Crippen molar-refractivity contribution in [3.63, 3.8) is 0 Å². The van der Waals surface area contributed by atoms with Crippen LogP contribution in [0.3, 0.4) is 0 Å². The van der Waals surface area contributed by atoms with Gasteiger partial charge in [-0.2, -0.15) is 0 Å². The van der Waals surface area contributed by atoms with Crippen molar-refractivity contribution in [1.82, 2.24) is 14.5 Å². The van der Waals surface area contributed by atoms with E-state index in [0.29, 0.717) is 5.96 Å². The molecule has 0 saturated carbocycles. The lowest BCUT2D eigenvalue weighted by Gasteiger charge is -2.24. The molecule has 0 radical (unpaired) electrons. The van der Waals surface area contributed by atoms with Crippen molar-refractivity contribution in [3.05, 3.63) is 223 Å². The summed E-state index contributed by atoms with van der Waals surface area (Å²) < 4.78 is 11.5. The van der Waals surface area contributed by atoms with Crippen LogP contribution in [0.5, 0.6) is 0 Å². The third-order valence-electron chi connectivity index (χ3n) is 12.6. The van der Waals surface area contributed by atoms with Gasteiger partial charge in [-0.1, -0.05) is 158 Å². The van der Waals surface area contributed by atoms with Crippen molar-refractivity contribution in [1.29, 1.82) is 0 Å². The summed E-state index contributed by atoms with van der Waals surface area (Å²) in [6.07, 6.45) is -0.540. The highest BCUT2D eigenvalue weighted by atomic mass is 16.3. The number of nitrogens with zero attached hydrogens (tertiary/aromatic N) is 4. The van der Waals surface area contributed by atoms with Crippen molar-refractivity contribution in [3.8, 4) is 27.9 Å². The molecule has 4 heterocycles. The summed E-state index contributed by atoms with van der Waals surface area (Å²) in [5.41, 5.74) is 13.6. The molecule has 3 aromatic heterocycles. The summed E-state index contributed by atoms with van der Waals surface area (Å²) in [5.74, 6) is 1.47. The van der Waals surface area contributed by atoms with Crippen LogP contribution in [0.4, 0.5) is 0 Å². The molecule has 1 atom stereocenters. The monoisotopic (exact) mass is 807 g/mol. The van der Waals surface area contributed by atoms with Crippen molar-refractivity contribution < 1.29 is 4.42 Å². The lowest BCUT2D eigenvalue weighted by Crippen LogP contribution is -2.39. The summed E-state index contributed by atoms with van der Waals surface area (Å²) in [7, 11) is 0. The molecule has 1 aliphatic heterocycles. The van der Waals surface area contributed by atoms with E-state index in [0.717, 1.165) is 88.7 Å². The molecule has 0 fully saturated rings. The number of fused-ring (bicyclic) bond motifs is 10. The van der Waals surface area contributed by atoms with Gasteiger partial charge in [0.05, 0.1) is 22.1 Å². The standard InChI is InChI=1S/C57H37N5O/c1-3-15-36(16-4-1)38-19-13-21-40(33-38)55-58-56(60-57(59-55)62-50-27-11-7-23-43(50)44-24-8-12-28-51(44)62)41-29-32-52-48(35-41)47-31-30-46-45-25-9-10-26-49(45)61(53(46)54(47)63-52)42-22-14-20-39(34-42)37-17-5-2-6-18-37/h1-35,56H,(H,58,59,60). The van der Waals surface area contributed by atoms with E-state index in [9.17, 15) is 0 Å². The number of benzene rings is 9. The van der Waals surface area contributed by atoms with Gasteiger partial charge in [0.25, 0.3) is 0 Å². The largest absolute Gasteiger partial charge is 0.454 e. The first kappa shape index (κ1) is 35.3. The van der Waals surface area contributed by atoms with Gasteiger partial charge in [0, 0.05) is 43.6 Å². The van der Waals surface area contributed by atoms with E-state index in [-0.39, 0.29) is 0 Å². The summed E-state index contributed by atoms with van der Waals surface area (Å²) in [6, 6.07) is 75.0. The molecule has 296 valence electrons. The van der Waals surface area contributed by atoms with E-state index in [4.69, 9.17) is 14.4 Å². The third-order valence-corrected chi connectivity index (χ3v) is 12.6. The van der Waals surface area contributed by atoms with Crippen molar-refractivity contribution in [2.45, 2.75) is 6.17 Å². The van der Waals surface area contributed by atoms with E-state index in [1.54, 1.807) is 0 Å². The number of hydrogen-bond donors (Lipinski definition) is 1. The lowest BCUT2D eigenvalue weighted by molar-refractivity contribution is 0.670. The highest BCUT2D eigenvalue weighted by molar-refractivity contribution is 6.22. The van der Waals surface area contributed by atoms with E-state index in [1.165, 1.54) is 21.7 Å². The van der Waals surface area contributed by atoms with E-state index in [1.807, 2.05) is 6.07 Å². The Balaban J connectivity index is 1.00. The van der Waals surface area contributed by atoms with Gasteiger partial charge in [-0.25, -0.2) is 9.98 Å². The van der Waals surface area contributed by atoms with E-state index >= 15 is 0 Å². The maximum Gasteiger partial charge on any atom is 0.211 e. The van der Waals surface area contributed by atoms with Crippen molar-refractivity contribution in [2.75, 3.05) is 0 Å². The number of hydrogen-bond acceptors (Lipinski definition) is 4. The second kappa shape index (κ2) is 14.0. The summed E-state index contributed by atoms with van der Waals surface area (Å²) in [4.78, 5) is 10.8. The Morgan fingerprint density at radius 1 is 0.397 bits per heavy atom. The van der Waals surface area contributed by atoms with Crippen LogP contribution in [0.1, 0.15) is 17.3 Å². The minimum Gasteiger partial charge on any atom is -0.454 e. The molecule has 6 heteroatoms. The smallest absolute Gasteiger partial charge is 0.211 e. The third kappa shape index (κ3) is 5.65. The van der Waals surface area contributed by atoms with Gasteiger partial charge in [-0.05, 0) is 82.4 Å². The molecule has 9 aromatic carbocycles. The predicted octanol–water partition coefficient (Wildman–Crippen LogP) is 14.1. The van der Waals surface area contributed by atoms with Crippen molar-refractivity contribution in [2.24, 2.45) is 9.98 Å². The number of aromatic nitrogens is 2. The van der Waals surface area contributed by atoms with Crippen molar-refractivity contribution >= 4 is 77.3 Å².